The van der Waals surface area contributed by atoms with E-state index in [0.29, 0.717) is 0 Å². The van der Waals surface area contributed by atoms with E-state index in [2.05, 4.69) is 37.5 Å². The fraction of sp³-hybridized carbons (Fsp3) is 0. The number of hydrogen-bond donors (Lipinski definition) is 3. The van der Waals surface area contributed by atoms with E-state index in [1.807, 2.05) is 54.6 Å². The van der Waals surface area contributed by atoms with Crippen LogP contribution >= 0.6 is 11.9 Å². The summed E-state index contributed by atoms with van der Waals surface area (Å²) in [6.45, 7) is 0. The number of aromatic nitrogens is 2. The highest BCUT2D eigenvalue weighted by Gasteiger charge is 2.05. The second-order valence-corrected chi connectivity index (χ2v) is 8.20. The van der Waals surface area contributed by atoms with E-state index in [-0.39, 0.29) is 5.82 Å². The molecule has 0 atom stereocenters. The van der Waals surface area contributed by atoms with Crippen molar-refractivity contribution in [3.8, 4) is 0 Å². The molecule has 0 saturated carbocycles. The molecule has 5 nitrogen and oxygen atoms in total. The van der Waals surface area contributed by atoms with Crippen LogP contribution in [0.15, 0.2) is 108 Å². The molecule has 0 aliphatic carbocycles. The zero-order valence-electron chi connectivity index (χ0n) is 17.5. The minimum atomic E-state index is -0.286. The number of pyridine rings is 2. The molecule has 33 heavy (non-hydrogen) atoms. The van der Waals surface area contributed by atoms with Gasteiger partial charge in [-0.05, 0) is 84.7 Å². The number of hydrogen-bond acceptors (Lipinski definition) is 6. The summed E-state index contributed by atoms with van der Waals surface area (Å²) in [5.41, 5.74) is 5.38. The normalized spacial score (nSPS) is 10.7. The molecule has 162 valence electrons. The van der Waals surface area contributed by atoms with Gasteiger partial charge in [-0.15, -0.1) is 0 Å². The summed E-state index contributed by atoms with van der Waals surface area (Å²) < 4.78 is 17.1. The summed E-state index contributed by atoms with van der Waals surface area (Å²) in [4.78, 5) is 9.42. The lowest BCUT2D eigenvalue weighted by atomic mass is 10.1. The van der Waals surface area contributed by atoms with Crippen LogP contribution in [0, 0.1) is 5.82 Å². The van der Waals surface area contributed by atoms with Gasteiger partial charge in [0.05, 0.1) is 5.52 Å². The molecule has 0 fully saturated rings. The van der Waals surface area contributed by atoms with E-state index in [9.17, 15) is 4.39 Å². The van der Waals surface area contributed by atoms with Gasteiger partial charge in [0.25, 0.3) is 0 Å². The number of anilines is 5. The van der Waals surface area contributed by atoms with Crippen molar-refractivity contribution < 1.29 is 4.39 Å². The molecule has 7 heteroatoms. The Bertz CT molecular complexity index is 1390. The molecule has 0 unspecified atom stereocenters. The van der Waals surface area contributed by atoms with Gasteiger partial charge in [-0.25, -0.2) is 4.39 Å². The molecular formula is C26H20FN5S. The summed E-state index contributed by atoms with van der Waals surface area (Å²) >= 11 is 1.53. The summed E-state index contributed by atoms with van der Waals surface area (Å²) in [7, 11) is 0. The first-order valence-electron chi connectivity index (χ1n) is 10.3. The third kappa shape index (κ3) is 5.22. The highest BCUT2D eigenvalue weighted by Crippen LogP contribution is 2.29. The van der Waals surface area contributed by atoms with Crippen molar-refractivity contribution in [2.45, 2.75) is 4.90 Å². The predicted octanol–water partition coefficient (Wildman–Crippen LogP) is 7.38. The van der Waals surface area contributed by atoms with Crippen LogP contribution < -0.4 is 15.4 Å². The van der Waals surface area contributed by atoms with Crippen molar-refractivity contribution in [1.82, 2.24) is 9.97 Å². The average molecular weight is 454 g/mol. The third-order valence-corrected chi connectivity index (χ3v) is 5.76. The Morgan fingerprint density at radius 1 is 0.667 bits per heavy atom. The molecule has 0 spiro atoms. The van der Waals surface area contributed by atoms with Crippen LogP contribution in [0.3, 0.4) is 0 Å². The first-order chi connectivity index (χ1) is 16.2. The Morgan fingerprint density at radius 2 is 1.45 bits per heavy atom. The van der Waals surface area contributed by atoms with Crippen LogP contribution in [-0.4, -0.2) is 9.97 Å². The summed E-state index contributed by atoms with van der Waals surface area (Å²) in [5, 5.41) is 7.49. The van der Waals surface area contributed by atoms with E-state index < -0.39 is 0 Å². The molecule has 3 aromatic carbocycles. The Morgan fingerprint density at radius 3 is 2.33 bits per heavy atom. The van der Waals surface area contributed by atoms with Gasteiger partial charge in [-0.1, -0.05) is 12.1 Å². The van der Waals surface area contributed by atoms with Gasteiger partial charge in [-0.3, -0.25) is 9.97 Å². The van der Waals surface area contributed by atoms with Gasteiger partial charge in [-0.2, -0.15) is 0 Å². The Labute approximate surface area is 195 Å². The lowest BCUT2D eigenvalue weighted by Gasteiger charge is -2.12. The zero-order valence-corrected chi connectivity index (χ0v) is 18.3. The molecule has 0 saturated heterocycles. The standard InChI is InChI=1S/C26H20FN5S/c27-18-7-8-25-24(15-18)26(11-14-29-25)31-20-3-1-5-22(16-20)32-33-23-6-2-4-21(17-23)30-19-9-12-28-13-10-19/h1-17,32H,(H,28,30)(H,29,31). The quantitative estimate of drug-likeness (QED) is 0.224. The third-order valence-electron chi connectivity index (χ3n) is 4.93. The minimum Gasteiger partial charge on any atom is -0.355 e. The second kappa shape index (κ2) is 9.58. The van der Waals surface area contributed by atoms with Gasteiger partial charge in [0.15, 0.2) is 0 Å². The molecule has 0 aliphatic rings. The number of rotatable bonds is 7. The SMILES string of the molecule is Fc1ccc2nccc(Nc3cccc(NSc4cccc(Nc5ccncc5)c4)c3)c2c1. The van der Waals surface area contributed by atoms with Crippen molar-refractivity contribution in [2.24, 2.45) is 0 Å². The summed E-state index contributed by atoms with van der Waals surface area (Å²) in [5.74, 6) is -0.286. The lowest BCUT2D eigenvalue weighted by Crippen LogP contribution is -1.95. The molecule has 0 amide bonds. The highest BCUT2D eigenvalue weighted by molar-refractivity contribution is 8.00. The molecule has 0 bridgehead atoms. The number of halogens is 1. The Kier molecular flexibility index (Phi) is 6.04. The molecule has 0 aliphatic heterocycles. The molecule has 5 aromatic rings. The molecule has 3 N–H and O–H groups in total. The van der Waals surface area contributed by atoms with Crippen LogP contribution in [0.1, 0.15) is 0 Å². The molecule has 2 heterocycles. The van der Waals surface area contributed by atoms with Gasteiger partial charge < -0.3 is 15.4 Å². The average Bonchev–Trinajstić information content (AvgIpc) is 2.84. The second-order valence-electron chi connectivity index (χ2n) is 7.32. The minimum absolute atomic E-state index is 0.286. The monoisotopic (exact) mass is 453 g/mol. The largest absolute Gasteiger partial charge is 0.355 e. The summed E-state index contributed by atoms with van der Waals surface area (Å²) in [6.07, 6.45) is 5.23. The zero-order chi connectivity index (χ0) is 22.5. The van der Waals surface area contributed by atoms with Crippen LogP contribution in [0.4, 0.5) is 32.8 Å². The molecule has 2 aromatic heterocycles. The van der Waals surface area contributed by atoms with Crippen molar-refractivity contribution in [2.75, 3.05) is 15.4 Å². The van der Waals surface area contributed by atoms with Crippen molar-refractivity contribution in [1.29, 1.82) is 0 Å². The highest BCUT2D eigenvalue weighted by atomic mass is 32.2. The maximum Gasteiger partial charge on any atom is 0.124 e. The Hall–Kier alpha value is -4.10. The first kappa shape index (κ1) is 20.8. The van der Waals surface area contributed by atoms with E-state index in [4.69, 9.17) is 0 Å². The van der Waals surface area contributed by atoms with Crippen LogP contribution in [-0.2, 0) is 0 Å². The van der Waals surface area contributed by atoms with E-state index in [1.54, 1.807) is 24.7 Å². The van der Waals surface area contributed by atoms with Gasteiger partial charge >= 0.3 is 0 Å². The van der Waals surface area contributed by atoms with Gasteiger partial charge in [0, 0.05) is 57.3 Å². The van der Waals surface area contributed by atoms with Gasteiger partial charge in [0.1, 0.15) is 5.82 Å². The molecule has 0 radical (unpaired) electrons. The Balaban J connectivity index is 1.28. The topological polar surface area (TPSA) is 61.9 Å². The maximum atomic E-state index is 13.8. The van der Waals surface area contributed by atoms with Crippen molar-refractivity contribution in [3.63, 3.8) is 0 Å². The van der Waals surface area contributed by atoms with Crippen molar-refractivity contribution in [3.05, 3.63) is 109 Å². The number of nitrogens with one attached hydrogen (secondary N) is 3. The fourth-order valence-corrected chi connectivity index (χ4v) is 4.10. The number of benzene rings is 3. The predicted molar refractivity (Wildman–Crippen MR) is 135 cm³/mol. The van der Waals surface area contributed by atoms with Gasteiger partial charge in [0.2, 0.25) is 0 Å². The summed E-state index contributed by atoms with van der Waals surface area (Å²) in [6, 6.07) is 26.4. The van der Waals surface area contributed by atoms with Crippen LogP contribution in [0.5, 0.6) is 0 Å². The smallest absolute Gasteiger partial charge is 0.124 e. The van der Waals surface area contributed by atoms with Crippen LogP contribution in [0.2, 0.25) is 0 Å². The van der Waals surface area contributed by atoms with Crippen LogP contribution in [0.25, 0.3) is 10.9 Å². The number of nitrogens with zero attached hydrogens (tertiary/aromatic N) is 2. The first-order valence-corrected chi connectivity index (χ1v) is 11.2. The van der Waals surface area contributed by atoms with Crippen molar-refractivity contribution >= 4 is 51.3 Å². The van der Waals surface area contributed by atoms with E-state index >= 15 is 0 Å². The number of fused-ring (bicyclic) bond motifs is 1. The maximum absolute atomic E-state index is 13.8. The molecular weight excluding hydrogens is 433 g/mol. The fourth-order valence-electron chi connectivity index (χ4n) is 3.40. The molecule has 5 rings (SSSR count). The van der Waals surface area contributed by atoms with E-state index in [1.165, 1.54) is 24.1 Å². The van der Waals surface area contributed by atoms with E-state index in [0.717, 1.165) is 44.2 Å². The lowest BCUT2D eigenvalue weighted by molar-refractivity contribution is 0.629.